The van der Waals surface area contributed by atoms with Gasteiger partial charge in [-0.2, -0.15) is 13.2 Å². The van der Waals surface area contributed by atoms with Crippen LogP contribution >= 0.6 is 0 Å². The lowest BCUT2D eigenvalue weighted by atomic mass is 9.80. The molecule has 1 N–H and O–H groups in total. The van der Waals surface area contributed by atoms with Gasteiger partial charge in [0.05, 0.1) is 16.5 Å². The van der Waals surface area contributed by atoms with Gasteiger partial charge in [-0.15, -0.1) is 0 Å². The van der Waals surface area contributed by atoms with Crippen LogP contribution in [0.15, 0.2) is 58.1 Å². The van der Waals surface area contributed by atoms with Crippen molar-refractivity contribution in [3.05, 3.63) is 80.5 Å². The highest BCUT2D eigenvalue weighted by atomic mass is 19.4. The van der Waals surface area contributed by atoms with E-state index in [4.69, 9.17) is 5.11 Å². The highest BCUT2D eigenvalue weighted by Gasteiger charge is 2.30. The predicted molar refractivity (Wildman–Crippen MR) is 125 cm³/mol. The number of para-hydroxylation sites is 1. The van der Waals surface area contributed by atoms with E-state index >= 15 is 0 Å². The molecule has 0 saturated heterocycles. The maximum Gasteiger partial charge on any atom is 0.416 e. The number of aromatic nitrogens is 2. The molecule has 6 nitrogen and oxygen atoms in total. The summed E-state index contributed by atoms with van der Waals surface area (Å²) in [5.74, 6) is -0.186. The number of carbonyl (C=O) groups is 1. The van der Waals surface area contributed by atoms with Gasteiger partial charge in [-0.1, -0.05) is 30.3 Å². The fourth-order valence-electron chi connectivity index (χ4n) is 4.94. The van der Waals surface area contributed by atoms with E-state index in [0.717, 1.165) is 29.5 Å². The average Bonchev–Trinajstić information content (AvgIpc) is 2.86. The van der Waals surface area contributed by atoms with Crippen molar-refractivity contribution in [1.82, 2.24) is 9.13 Å². The van der Waals surface area contributed by atoms with Gasteiger partial charge in [0.25, 0.3) is 5.56 Å². The molecule has 1 aliphatic carbocycles. The van der Waals surface area contributed by atoms with Gasteiger partial charge >= 0.3 is 11.9 Å². The number of ketones is 1. The molecule has 4 rings (SSSR count). The molecule has 0 spiro atoms. The normalized spacial score (nSPS) is 18.6. The lowest BCUT2D eigenvalue weighted by Gasteiger charge is -2.28. The summed E-state index contributed by atoms with van der Waals surface area (Å²) in [6, 6.07) is 11.7. The van der Waals surface area contributed by atoms with E-state index < -0.39 is 29.6 Å². The molecule has 1 fully saturated rings. The molecule has 1 saturated carbocycles. The number of halogens is 3. The van der Waals surface area contributed by atoms with Gasteiger partial charge in [-0.25, -0.2) is 4.79 Å². The first-order valence-corrected chi connectivity index (χ1v) is 11.7. The third-order valence-electron chi connectivity index (χ3n) is 6.91. The summed E-state index contributed by atoms with van der Waals surface area (Å²) in [5, 5.41) is 9.48. The van der Waals surface area contributed by atoms with Crippen LogP contribution in [0, 0.1) is 11.8 Å². The van der Waals surface area contributed by atoms with E-state index in [1.165, 1.54) is 6.07 Å². The number of nitrogens with zero attached hydrogens (tertiary/aromatic N) is 2. The Morgan fingerprint density at radius 3 is 2.37 bits per heavy atom. The number of hydrogen-bond acceptors (Lipinski definition) is 4. The molecule has 186 valence electrons. The molecule has 1 heterocycles. The largest absolute Gasteiger partial charge is 0.416 e. The zero-order valence-electron chi connectivity index (χ0n) is 19.1. The van der Waals surface area contributed by atoms with E-state index in [0.29, 0.717) is 35.9 Å². The van der Waals surface area contributed by atoms with Crippen molar-refractivity contribution >= 4 is 16.7 Å². The second-order valence-electron chi connectivity index (χ2n) is 9.16. The first-order chi connectivity index (χ1) is 16.7. The van der Waals surface area contributed by atoms with Crippen LogP contribution in [-0.2, 0) is 30.5 Å². The number of fused-ring (bicyclic) bond motifs is 1. The third kappa shape index (κ3) is 5.40. The Hall–Kier alpha value is -3.20. The van der Waals surface area contributed by atoms with Crippen molar-refractivity contribution in [2.45, 2.75) is 51.4 Å². The number of aliphatic hydroxyl groups is 1. The molecular weight excluding hydrogens is 461 g/mol. The Balaban J connectivity index is 1.62. The van der Waals surface area contributed by atoms with Crippen molar-refractivity contribution in [2.75, 3.05) is 6.61 Å². The van der Waals surface area contributed by atoms with Crippen molar-refractivity contribution < 1.29 is 23.1 Å². The summed E-state index contributed by atoms with van der Waals surface area (Å²) in [5.41, 5.74) is -0.821. The maximum atomic E-state index is 13.4. The minimum absolute atomic E-state index is 0.0401. The van der Waals surface area contributed by atoms with Crippen molar-refractivity contribution in [1.29, 1.82) is 0 Å². The van der Waals surface area contributed by atoms with Crippen LogP contribution in [0.1, 0.15) is 36.8 Å². The topological polar surface area (TPSA) is 81.3 Å². The smallest absolute Gasteiger partial charge is 0.389 e. The molecule has 0 amide bonds. The lowest BCUT2D eigenvalue weighted by molar-refractivity contribution is -0.137. The number of alkyl halides is 3. The minimum Gasteiger partial charge on any atom is -0.389 e. The van der Waals surface area contributed by atoms with Gasteiger partial charge in [-0.05, 0) is 61.8 Å². The number of aliphatic hydroxyl groups excluding tert-OH is 1. The van der Waals surface area contributed by atoms with Crippen LogP contribution in [-0.4, -0.2) is 26.6 Å². The van der Waals surface area contributed by atoms with Gasteiger partial charge in [0, 0.05) is 19.0 Å². The summed E-state index contributed by atoms with van der Waals surface area (Å²) in [6.45, 7) is -0.124. The molecule has 1 aromatic heterocycles. The van der Waals surface area contributed by atoms with E-state index in [1.807, 2.05) is 0 Å². The van der Waals surface area contributed by atoms with E-state index in [-0.39, 0.29) is 30.6 Å². The monoisotopic (exact) mass is 488 g/mol. The lowest BCUT2D eigenvalue weighted by Crippen LogP contribution is -2.41. The average molecular weight is 489 g/mol. The SMILES string of the molecule is O=C(CO)C1CCC(Cn2c(=O)n(CCc3cccc(C(F)(F)F)c3)c(=O)c3ccccc32)CC1. The third-order valence-corrected chi connectivity index (χ3v) is 6.91. The van der Waals surface area contributed by atoms with Gasteiger partial charge in [-0.3, -0.25) is 18.7 Å². The summed E-state index contributed by atoms with van der Waals surface area (Å²) in [4.78, 5) is 38.3. The zero-order valence-corrected chi connectivity index (χ0v) is 19.1. The van der Waals surface area contributed by atoms with Gasteiger partial charge in [0.15, 0.2) is 5.78 Å². The number of hydrogen-bond donors (Lipinski definition) is 1. The summed E-state index contributed by atoms with van der Waals surface area (Å²) < 4.78 is 41.8. The van der Waals surface area contributed by atoms with Gasteiger partial charge < -0.3 is 5.11 Å². The Morgan fingerprint density at radius 1 is 0.971 bits per heavy atom. The summed E-state index contributed by atoms with van der Waals surface area (Å²) in [6.07, 6.45) is -1.63. The molecule has 2 aromatic carbocycles. The highest BCUT2D eigenvalue weighted by Crippen LogP contribution is 2.31. The number of carbonyl (C=O) groups excluding carboxylic acids is 1. The first kappa shape index (κ1) is 24.9. The van der Waals surface area contributed by atoms with E-state index in [1.54, 1.807) is 34.9 Å². The van der Waals surface area contributed by atoms with Crippen LogP contribution < -0.4 is 11.2 Å². The molecule has 9 heteroatoms. The van der Waals surface area contributed by atoms with Crippen LogP contribution in [0.3, 0.4) is 0 Å². The molecule has 0 bridgehead atoms. The Labute approximate surface area is 199 Å². The Morgan fingerprint density at radius 2 is 1.69 bits per heavy atom. The molecule has 0 aliphatic heterocycles. The summed E-state index contributed by atoms with van der Waals surface area (Å²) >= 11 is 0. The first-order valence-electron chi connectivity index (χ1n) is 11.7. The molecular formula is C26H27F3N2O4. The minimum atomic E-state index is -4.47. The zero-order chi connectivity index (χ0) is 25.2. The van der Waals surface area contributed by atoms with Crippen LogP contribution in [0.4, 0.5) is 13.2 Å². The Bertz CT molecular complexity index is 1330. The summed E-state index contributed by atoms with van der Waals surface area (Å²) in [7, 11) is 0. The number of benzene rings is 2. The molecule has 3 aromatic rings. The second kappa shape index (κ2) is 10.2. The maximum absolute atomic E-state index is 13.4. The van der Waals surface area contributed by atoms with E-state index in [2.05, 4.69) is 0 Å². The van der Waals surface area contributed by atoms with Crippen molar-refractivity contribution in [3.8, 4) is 0 Å². The highest BCUT2D eigenvalue weighted by molar-refractivity contribution is 5.82. The van der Waals surface area contributed by atoms with Crippen LogP contribution in [0.25, 0.3) is 10.9 Å². The standard InChI is InChI=1S/C26H27F3N2O4/c27-26(28,29)20-5-3-4-17(14-20)12-13-30-24(34)21-6-1-2-7-22(21)31(25(30)35)15-18-8-10-19(11-9-18)23(33)16-32/h1-7,14,18-19,32H,8-13,15-16H2. The predicted octanol–water partition coefficient (Wildman–Crippen LogP) is 3.79. The quantitative estimate of drug-likeness (QED) is 0.549. The fraction of sp³-hybridized carbons (Fsp3) is 0.423. The Kier molecular flexibility index (Phi) is 7.25. The number of rotatable bonds is 7. The second-order valence-corrected chi connectivity index (χ2v) is 9.16. The number of Topliss-reactive ketones (excluding diaryl/α,β-unsaturated/α-hetero) is 1. The van der Waals surface area contributed by atoms with Gasteiger partial charge in [0.2, 0.25) is 0 Å². The van der Waals surface area contributed by atoms with Crippen molar-refractivity contribution in [2.24, 2.45) is 11.8 Å². The van der Waals surface area contributed by atoms with Crippen molar-refractivity contribution in [3.63, 3.8) is 0 Å². The van der Waals surface area contributed by atoms with E-state index in [9.17, 15) is 27.6 Å². The molecule has 1 aliphatic rings. The molecule has 35 heavy (non-hydrogen) atoms. The van der Waals surface area contributed by atoms with Crippen LogP contribution in [0.5, 0.6) is 0 Å². The van der Waals surface area contributed by atoms with Gasteiger partial charge in [0.1, 0.15) is 6.61 Å². The molecule has 0 unspecified atom stereocenters. The van der Waals surface area contributed by atoms with Crippen LogP contribution in [0.2, 0.25) is 0 Å². The molecule has 0 atom stereocenters. The molecule has 0 radical (unpaired) electrons. The fourth-order valence-corrected chi connectivity index (χ4v) is 4.94. The number of aryl methyl sites for hydroxylation is 1.